The van der Waals surface area contributed by atoms with Crippen molar-refractivity contribution >= 4 is 68.0 Å². The number of thioether (sulfide) groups is 1. The van der Waals surface area contributed by atoms with Crippen LogP contribution in [-0.2, 0) is 28.8 Å². The molecule has 0 radical (unpaired) electrons. The zero-order chi connectivity index (χ0) is 51.0. The van der Waals surface area contributed by atoms with E-state index in [0.29, 0.717) is 88.5 Å². The van der Waals surface area contributed by atoms with E-state index in [1.807, 2.05) is 83.8 Å². The first kappa shape index (κ1) is 54.5. The summed E-state index contributed by atoms with van der Waals surface area (Å²) in [6.45, 7) is 4.10. The number of carbonyl (C=O) groups is 1. The molecule has 0 unspecified atom stereocenters. The van der Waals surface area contributed by atoms with Gasteiger partial charge in [-0.2, -0.15) is 13.2 Å². The SMILES string of the molecule is O=C(CS(=O)(=O)c1ccc(N[C@H](CCN2CCN(CCOP(=O)(O)O)CC2)CSc2ccccc2)c(S(=O)(=O)C(F)(F)F)c1)c1ccc(N2CCC([C@@H](O)c3ccccc3-c3ccc(Cl)cc3)CC2)cc1. The van der Waals surface area contributed by atoms with Crippen LogP contribution in [0.25, 0.3) is 11.1 Å². The quantitative estimate of drug-likeness (QED) is 0.0310. The number of nitrogens with zero attached hydrogens (tertiary/aromatic N) is 3. The molecule has 382 valence electrons. The Balaban J connectivity index is 1.01. The molecule has 0 aromatic heterocycles. The molecule has 7 rings (SSSR count). The van der Waals surface area contributed by atoms with Gasteiger partial charge >= 0.3 is 13.3 Å². The van der Waals surface area contributed by atoms with Gasteiger partial charge in [0.05, 0.1) is 23.3 Å². The molecule has 2 saturated heterocycles. The number of anilines is 2. The Morgan fingerprint density at radius 1 is 0.817 bits per heavy atom. The largest absolute Gasteiger partial charge is 0.501 e. The van der Waals surface area contributed by atoms with E-state index < -0.39 is 72.2 Å². The first-order valence-electron chi connectivity index (χ1n) is 22.9. The predicted octanol–water partition coefficient (Wildman–Crippen LogP) is 8.60. The number of aliphatic hydroxyl groups excluding tert-OH is 1. The van der Waals surface area contributed by atoms with Crippen LogP contribution in [0.15, 0.2) is 136 Å². The Hall–Kier alpha value is -4.31. The lowest BCUT2D eigenvalue weighted by molar-refractivity contribution is -0.0436. The maximum absolute atomic E-state index is 14.3. The number of halogens is 4. The molecule has 2 fully saturated rings. The number of benzene rings is 5. The summed E-state index contributed by atoms with van der Waals surface area (Å²) in [7, 11) is -15.4. The number of sulfone groups is 2. The summed E-state index contributed by atoms with van der Waals surface area (Å²) in [5, 5.41) is 15.1. The van der Waals surface area contributed by atoms with Gasteiger partial charge in [-0.1, -0.05) is 66.2 Å². The zero-order valence-electron chi connectivity index (χ0n) is 38.4. The average Bonchev–Trinajstić information content (AvgIpc) is 3.35. The van der Waals surface area contributed by atoms with Crippen LogP contribution in [0.4, 0.5) is 24.5 Å². The van der Waals surface area contributed by atoms with Gasteiger partial charge in [0.15, 0.2) is 15.6 Å². The number of aliphatic hydroxyl groups is 1. The predicted molar refractivity (Wildman–Crippen MR) is 269 cm³/mol. The highest BCUT2D eigenvalue weighted by molar-refractivity contribution is 7.99. The maximum Gasteiger partial charge on any atom is 0.501 e. The number of Topliss-reactive ketones (excluding diaryl/α,β-unsaturated/α-hetero) is 1. The number of hydrogen-bond donors (Lipinski definition) is 4. The van der Waals surface area contributed by atoms with Crippen molar-refractivity contribution in [2.24, 2.45) is 5.92 Å². The van der Waals surface area contributed by atoms with Crippen LogP contribution in [0, 0.1) is 5.92 Å². The molecule has 0 amide bonds. The van der Waals surface area contributed by atoms with Crippen molar-refractivity contribution in [1.82, 2.24) is 9.80 Å². The van der Waals surface area contributed by atoms with Crippen LogP contribution in [0.3, 0.4) is 0 Å². The molecular formula is C49H55ClF3N4O10PS3. The van der Waals surface area contributed by atoms with Gasteiger partial charge in [0.2, 0.25) is 0 Å². The van der Waals surface area contributed by atoms with E-state index in [2.05, 4.69) is 19.6 Å². The monoisotopic (exact) mass is 1080 g/mol. The number of ketones is 1. The molecule has 14 nitrogen and oxygen atoms in total. The van der Waals surface area contributed by atoms with Crippen molar-refractivity contribution in [3.63, 3.8) is 0 Å². The molecule has 2 aliphatic heterocycles. The lowest BCUT2D eigenvalue weighted by atomic mass is 9.84. The van der Waals surface area contributed by atoms with Gasteiger partial charge < -0.3 is 30.0 Å². The highest BCUT2D eigenvalue weighted by Gasteiger charge is 2.48. The lowest BCUT2D eigenvalue weighted by Gasteiger charge is -2.36. The molecule has 5 aromatic rings. The number of piperazine rings is 1. The Bertz CT molecular complexity index is 2870. The number of phosphoric acid groups is 1. The Kier molecular flexibility index (Phi) is 18.2. The molecule has 5 aromatic carbocycles. The van der Waals surface area contributed by atoms with Crippen molar-refractivity contribution in [1.29, 1.82) is 0 Å². The molecule has 2 aliphatic rings. The summed E-state index contributed by atoms with van der Waals surface area (Å²) in [6.07, 6.45) is 0.982. The lowest BCUT2D eigenvalue weighted by Crippen LogP contribution is -2.48. The minimum Gasteiger partial charge on any atom is -0.388 e. The molecule has 0 spiro atoms. The Morgan fingerprint density at radius 3 is 2.07 bits per heavy atom. The van der Waals surface area contributed by atoms with Crippen molar-refractivity contribution in [2.75, 3.05) is 80.7 Å². The summed E-state index contributed by atoms with van der Waals surface area (Å²) in [5.41, 5.74) is -2.73. The van der Waals surface area contributed by atoms with Crippen LogP contribution < -0.4 is 10.2 Å². The van der Waals surface area contributed by atoms with E-state index >= 15 is 0 Å². The van der Waals surface area contributed by atoms with E-state index in [1.165, 1.54) is 23.9 Å². The fraction of sp³-hybridized carbons (Fsp3) is 0.367. The maximum atomic E-state index is 14.3. The second kappa shape index (κ2) is 23.7. The number of phosphoric ester groups is 1. The molecule has 0 saturated carbocycles. The summed E-state index contributed by atoms with van der Waals surface area (Å²) >= 11 is 7.50. The third-order valence-electron chi connectivity index (χ3n) is 12.7. The highest BCUT2D eigenvalue weighted by Crippen LogP contribution is 2.39. The first-order chi connectivity index (χ1) is 33.7. The zero-order valence-corrected chi connectivity index (χ0v) is 42.5. The minimum absolute atomic E-state index is 0.0261. The topological polar surface area (TPSA) is 194 Å². The van der Waals surface area contributed by atoms with Crippen molar-refractivity contribution < 1.29 is 58.8 Å². The summed E-state index contributed by atoms with van der Waals surface area (Å²) < 4.78 is 112. The van der Waals surface area contributed by atoms with E-state index in [-0.39, 0.29) is 18.1 Å². The molecule has 71 heavy (non-hydrogen) atoms. The molecule has 2 atom stereocenters. The van der Waals surface area contributed by atoms with E-state index in [0.717, 1.165) is 39.4 Å². The van der Waals surface area contributed by atoms with Gasteiger partial charge in [-0.15, -0.1) is 11.8 Å². The molecular weight excluding hydrogens is 1020 g/mol. The smallest absolute Gasteiger partial charge is 0.388 e. The number of nitrogens with one attached hydrogen (secondary N) is 1. The number of piperidine rings is 1. The van der Waals surface area contributed by atoms with Crippen LogP contribution in [0.5, 0.6) is 0 Å². The first-order valence-corrected chi connectivity index (χ1v) is 28.9. The third kappa shape index (κ3) is 14.7. The van der Waals surface area contributed by atoms with Gasteiger partial charge in [-0.05, 0) is 109 Å². The highest BCUT2D eigenvalue weighted by atomic mass is 35.5. The second-order valence-electron chi connectivity index (χ2n) is 17.5. The van der Waals surface area contributed by atoms with Gasteiger partial charge in [0, 0.05) is 85.3 Å². The van der Waals surface area contributed by atoms with Crippen LogP contribution in [0.2, 0.25) is 5.02 Å². The van der Waals surface area contributed by atoms with E-state index in [9.17, 15) is 44.5 Å². The minimum atomic E-state index is -6.11. The van der Waals surface area contributed by atoms with E-state index in [1.54, 1.807) is 12.1 Å². The Morgan fingerprint density at radius 2 is 1.44 bits per heavy atom. The number of rotatable bonds is 21. The normalized spacial score (nSPS) is 16.7. The summed E-state index contributed by atoms with van der Waals surface area (Å²) in [5.74, 6) is -1.70. The second-order valence-corrected chi connectivity index (χ2v) is 24.1. The van der Waals surface area contributed by atoms with Crippen molar-refractivity contribution in [3.05, 3.63) is 137 Å². The van der Waals surface area contributed by atoms with Crippen molar-refractivity contribution in [2.45, 2.75) is 51.6 Å². The number of hydrogen-bond acceptors (Lipinski definition) is 13. The fourth-order valence-corrected chi connectivity index (χ4v) is 12.4. The summed E-state index contributed by atoms with van der Waals surface area (Å²) in [6, 6.07) is 32.5. The van der Waals surface area contributed by atoms with Crippen LogP contribution in [-0.4, -0.2) is 129 Å². The fourth-order valence-electron chi connectivity index (χ4n) is 8.73. The average molecular weight is 1080 g/mol. The van der Waals surface area contributed by atoms with Crippen LogP contribution in [0.1, 0.15) is 41.3 Å². The molecule has 4 N–H and O–H groups in total. The van der Waals surface area contributed by atoms with Crippen LogP contribution >= 0.6 is 31.2 Å². The van der Waals surface area contributed by atoms with E-state index in [4.69, 9.17) is 21.4 Å². The Labute approximate surface area is 421 Å². The van der Waals surface area contributed by atoms with Crippen molar-refractivity contribution in [3.8, 4) is 11.1 Å². The van der Waals surface area contributed by atoms with Gasteiger partial charge in [0.1, 0.15) is 10.6 Å². The standard InChI is InChI=1S/C49H55ClF3N4O10PS3/c50-38-14-10-35(11-15-38)43-8-4-5-9-44(43)48(59)37-20-24-57(25-21-37)40-16-12-36(13-17-40)46(58)34-70(63,64)42-18-19-45(47(32-42)71(65,66)49(51,52)53)54-39(33-69-41-6-2-1-3-7-41)22-23-55-26-28-56(29-27-55)30-31-67-68(60,61)62/h1-19,32,37,39,48,54,59H,20-31,33-34H2,(H2,60,61,62)/t39-,48-/m1/s1. The van der Waals surface area contributed by atoms with Gasteiger partial charge in [-0.3, -0.25) is 14.2 Å². The number of alkyl halides is 3. The summed E-state index contributed by atoms with van der Waals surface area (Å²) in [4.78, 5) is 36.4. The van der Waals surface area contributed by atoms with Gasteiger partial charge in [0.25, 0.3) is 9.84 Å². The molecule has 0 bridgehead atoms. The molecule has 2 heterocycles. The number of carbonyl (C=O) groups excluding carboxylic acids is 1. The molecule has 22 heteroatoms. The third-order valence-corrected chi connectivity index (χ3v) is 17.8. The van der Waals surface area contributed by atoms with Gasteiger partial charge in [-0.25, -0.2) is 21.4 Å². The molecule has 0 aliphatic carbocycles.